The van der Waals surface area contributed by atoms with Crippen molar-refractivity contribution < 1.29 is 9.26 Å². The zero-order valence-corrected chi connectivity index (χ0v) is 16.8. The first kappa shape index (κ1) is 18.6. The number of halogens is 1. The summed E-state index contributed by atoms with van der Waals surface area (Å²) in [6, 6.07) is 5.42. The predicted octanol–water partition coefficient (Wildman–Crippen LogP) is 3.68. The van der Waals surface area contributed by atoms with Gasteiger partial charge in [0.05, 0.1) is 22.7 Å². The number of ether oxygens (including phenoxy) is 1. The van der Waals surface area contributed by atoms with Crippen LogP contribution in [0.15, 0.2) is 33.8 Å². The molecule has 3 heterocycles. The molecule has 0 saturated carbocycles. The Bertz CT molecular complexity index is 1220. The van der Waals surface area contributed by atoms with Gasteiger partial charge in [-0.3, -0.25) is 9.20 Å². The molecule has 9 heteroatoms. The standard InChI is InChI=1S/C19H20ClN5O3/c1-10(2)25-15-12(20)6-5-7-13(15)24-9-21-14(16(24)19(25)26)18-22-17(23-28-18)11(3)8-27-4/h5-7,9-11H,8H2,1-4H3. The number of nitrogens with zero attached hydrogens (tertiary/aromatic N) is 5. The number of imidazole rings is 1. The number of benzene rings is 1. The van der Waals surface area contributed by atoms with Gasteiger partial charge in [-0.1, -0.05) is 29.7 Å². The van der Waals surface area contributed by atoms with Crippen molar-refractivity contribution in [2.45, 2.75) is 32.7 Å². The zero-order valence-electron chi connectivity index (χ0n) is 16.0. The Labute approximate surface area is 165 Å². The molecular formula is C19H20ClN5O3. The number of aromatic nitrogens is 5. The van der Waals surface area contributed by atoms with Crippen molar-refractivity contribution in [2.24, 2.45) is 0 Å². The largest absolute Gasteiger partial charge is 0.384 e. The number of hydrogen-bond acceptors (Lipinski definition) is 6. The van der Waals surface area contributed by atoms with E-state index >= 15 is 0 Å². The lowest BCUT2D eigenvalue weighted by molar-refractivity contribution is 0.180. The van der Waals surface area contributed by atoms with Crippen LogP contribution in [0.25, 0.3) is 28.1 Å². The van der Waals surface area contributed by atoms with Crippen LogP contribution in [0.5, 0.6) is 0 Å². The fourth-order valence-corrected chi connectivity index (χ4v) is 3.65. The summed E-state index contributed by atoms with van der Waals surface area (Å²) in [7, 11) is 1.62. The van der Waals surface area contributed by atoms with Gasteiger partial charge in [-0.2, -0.15) is 4.98 Å². The molecule has 0 amide bonds. The Morgan fingerprint density at radius 1 is 1.25 bits per heavy atom. The average molecular weight is 402 g/mol. The molecule has 1 unspecified atom stereocenters. The third-order valence-electron chi connectivity index (χ3n) is 4.67. The van der Waals surface area contributed by atoms with Gasteiger partial charge in [0, 0.05) is 19.1 Å². The molecule has 0 N–H and O–H groups in total. The van der Waals surface area contributed by atoms with Gasteiger partial charge in [0.1, 0.15) is 11.8 Å². The average Bonchev–Trinajstić information content (AvgIpc) is 3.30. The van der Waals surface area contributed by atoms with E-state index in [2.05, 4.69) is 15.1 Å². The van der Waals surface area contributed by atoms with Gasteiger partial charge in [-0.25, -0.2) is 4.98 Å². The SMILES string of the molecule is COCC(C)c1noc(-c2ncn3c2c(=O)n(C(C)C)c2c(Cl)cccc23)n1. The first-order valence-electron chi connectivity index (χ1n) is 8.96. The molecule has 1 aromatic carbocycles. The predicted molar refractivity (Wildman–Crippen MR) is 106 cm³/mol. The van der Waals surface area contributed by atoms with Crippen molar-refractivity contribution >= 4 is 28.2 Å². The van der Waals surface area contributed by atoms with E-state index in [1.165, 1.54) is 0 Å². The minimum Gasteiger partial charge on any atom is -0.384 e. The topological polar surface area (TPSA) is 87.5 Å². The maximum Gasteiger partial charge on any atom is 0.278 e. The van der Waals surface area contributed by atoms with Gasteiger partial charge in [-0.15, -0.1) is 0 Å². The van der Waals surface area contributed by atoms with Crippen molar-refractivity contribution in [2.75, 3.05) is 13.7 Å². The molecule has 0 fully saturated rings. The fraction of sp³-hybridized carbons (Fsp3) is 0.368. The van der Waals surface area contributed by atoms with Crippen molar-refractivity contribution in [1.29, 1.82) is 0 Å². The quantitative estimate of drug-likeness (QED) is 0.507. The highest BCUT2D eigenvalue weighted by Gasteiger charge is 2.23. The molecule has 0 radical (unpaired) electrons. The lowest BCUT2D eigenvalue weighted by Crippen LogP contribution is -2.25. The molecule has 146 valence electrons. The van der Waals surface area contributed by atoms with Crippen LogP contribution in [0, 0.1) is 0 Å². The summed E-state index contributed by atoms with van der Waals surface area (Å²) in [5.41, 5.74) is 1.96. The van der Waals surface area contributed by atoms with E-state index in [0.717, 1.165) is 5.52 Å². The van der Waals surface area contributed by atoms with E-state index in [0.29, 0.717) is 34.2 Å². The van der Waals surface area contributed by atoms with E-state index in [1.54, 1.807) is 28.5 Å². The van der Waals surface area contributed by atoms with E-state index in [4.69, 9.17) is 20.9 Å². The highest BCUT2D eigenvalue weighted by molar-refractivity contribution is 6.35. The summed E-state index contributed by atoms with van der Waals surface area (Å²) in [5.74, 6) is 0.670. The number of rotatable bonds is 5. The second-order valence-electron chi connectivity index (χ2n) is 7.00. The van der Waals surface area contributed by atoms with Crippen LogP contribution in [-0.2, 0) is 4.74 Å². The molecule has 0 aliphatic carbocycles. The Morgan fingerprint density at radius 2 is 2.04 bits per heavy atom. The van der Waals surface area contributed by atoms with Crippen LogP contribution in [0.2, 0.25) is 5.02 Å². The maximum absolute atomic E-state index is 13.4. The summed E-state index contributed by atoms with van der Waals surface area (Å²) in [4.78, 5) is 22.2. The smallest absolute Gasteiger partial charge is 0.278 e. The fourth-order valence-electron chi connectivity index (χ4n) is 3.39. The van der Waals surface area contributed by atoms with Gasteiger partial charge in [0.2, 0.25) is 0 Å². The van der Waals surface area contributed by atoms with E-state index in [-0.39, 0.29) is 23.4 Å². The van der Waals surface area contributed by atoms with Crippen LogP contribution < -0.4 is 5.56 Å². The molecule has 3 aromatic heterocycles. The normalized spacial score (nSPS) is 13.1. The minimum atomic E-state index is -0.215. The van der Waals surface area contributed by atoms with E-state index in [9.17, 15) is 4.79 Å². The van der Waals surface area contributed by atoms with Crippen LogP contribution in [0.1, 0.15) is 38.6 Å². The maximum atomic E-state index is 13.4. The lowest BCUT2D eigenvalue weighted by Gasteiger charge is -2.16. The molecule has 0 aliphatic heterocycles. The van der Waals surface area contributed by atoms with Crippen LogP contribution in [0.3, 0.4) is 0 Å². The molecule has 8 nitrogen and oxygen atoms in total. The Morgan fingerprint density at radius 3 is 2.75 bits per heavy atom. The van der Waals surface area contributed by atoms with Crippen molar-refractivity contribution in [3.8, 4) is 11.6 Å². The molecular weight excluding hydrogens is 382 g/mol. The van der Waals surface area contributed by atoms with Crippen LogP contribution in [0.4, 0.5) is 0 Å². The van der Waals surface area contributed by atoms with E-state index in [1.807, 2.05) is 32.9 Å². The Kier molecular flexibility index (Phi) is 4.68. The van der Waals surface area contributed by atoms with Crippen molar-refractivity contribution in [3.05, 3.63) is 45.7 Å². The van der Waals surface area contributed by atoms with Crippen molar-refractivity contribution in [3.63, 3.8) is 0 Å². The van der Waals surface area contributed by atoms with Crippen LogP contribution >= 0.6 is 11.6 Å². The van der Waals surface area contributed by atoms with Gasteiger partial charge in [0.15, 0.2) is 11.5 Å². The van der Waals surface area contributed by atoms with Gasteiger partial charge in [0.25, 0.3) is 11.4 Å². The molecule has 0 aliphatic rings. The first-order chi connectivity index (χ1) is 13.4. The molecule has 1 atom stereocenters. The summed E-state index contributed by atoms with van der Waals surface area (Å²) < 4.78 is 13.9. The minimum absolute atomic E-state index is 0.0386. The van der Waals surface area contributed by atoms with Crippen molar-refractivity contribution in [1.82, 2.24) is 24.1 Å². The number of para-hydroxylation sites is 1. The third-order valence-corrected chi connectivity index (χ3v) is 4.98. The lowest BCUT2D eigenvalue weighted by atomic mass is 10.2. The monoisotopic (exact) mass is 401 g/mol. The molecule has 0 saturated heterocycles. The summed E-state index contributed by atoms with van der Waals surface area (Å²) in [6.45, 7) is 6.28. The van der Waals surface area contributed by atoms with Gasteiger partial charge < -0.3 is 13.8 Å². The first-order valence-corrected chi connectivity index (χ1v) is 9.34. The van der Waals surface area contributed by atoms with Crippen LogP contribution in [-0.4, -0.2) is 37.8 Å². The Hall–Kier alpha value is -2.71. The van der Waals surface area contributed by atoms with Gasteiger partial charge in [-0.05, 0) is 26.0 Å². The highest BCUT2D eigenvalue weighted by atomic mass is 35.5. The highest BCUT2D eigenvalue weighted by Crippen LogP contribution is 2.29. The third kappa shape index (κ3) is 2.80. The molecule has 0 spiro atoms. The van der Waals surface area contributed by atoms with Gasteiger partial charge >= 0.3 is 0 Å². The number of hydrogen-bond donors (Lipinski definition) is 0. The second-order valence-corrected chi connectivity index (χ2v) is 7.41. The van der Waals surface area contributed by atoms with E-state index < -0.39 is 0 Å². The summed E-state index contributed by atoms with van der Waals surface area (Å²) in [5, 5.41) is 4.52. The molecule has 4 aromatic rings. The zero-order chi connectivity index (χ0) is 20.0. The molecule has 0 bridgehead atoms. The summed E-state index contributed by atoms with van der Waals surface area (Å²) in [6.07, 6.45) is 1.58. The molecule has 28 heavy (non-hydrogen) atoms. The summed E-state index contributed by atoms with van der Waals surface area (Å²) >= 11 is 6.42. The second kappa shape index (κ2) is 7.03. The number of fused-ring (bicyclic) bond motifs is 3. The Balaban J connectivity index is 2.01. The molecule has 4 rings (SSSR count). The number of methoxy groups -OCH3 is 1.